The number of amides is 1. The summed E-state index contributed by atoms with van der Waals surface area (Å²) in [5.41, 5.74) is 4.37. The largest absolute Gasteiger partial charge is 0.507 e. The van der Waals surface area contributed by atoms with Gasteiger partial charge in [-0.25, -0.2) is 5.43 Å². The second-order valence-corrected chi connectivity index (χ2v) is 5.74. The summed E-state index contributed by atoms with van der Waals surface area (Å²) in [6.07, 6.45) is 1.51. The molecule has 0 bridgehead atoms. The summed E-state index contributed by atoms with van der Waals surface area (Å²) in [6.45, 7) is 3.11. The molecule has 0 saturated carbocycles. The number of benzene rings is 2. The van der Waals surface area contributed by atoms with Crippen molar-refractivity contribution in [2.45, 2.75) is 0 Å². The molecule has 3 rings (SSSR count). The zero-order chi connectivity index (χ0) is 18.4. The van der Waals surface area contributed by atoms with Crippen LogP contribution in [0.3, 0.4) is 0 Å². The van der Waals surface area contributed by atoms with Crippen molar-refractivity contribution in [1.82, 2.24) is 5.43 Å². The Morgan fingerprint density at radius 1 is 1.27 bits per heavy atom. The smallest absolute Gasteiger partial charge is 0.275 e. The van der Waals surface area contributed by atoms with Gasteiger partial charge in [0.25, 0.3) is 5.91 Å². The molecule has 0 spiro atoms. The van der Waals surface area contributed by atoms with Crippen molar-refractivity contribution in [3.63, 3.8) is 0 Å². The maximum absolute atomic E-state index is 12.0. The average Bonchev–Trinajstić information content (AvgIpc) is 2.69. The number of carbonyl (C=O) groups is 1. The van der Waals surface area contributed by atoms with Crippen LogP contribution in [0.5, 0.6) is 11.5 Å². The van der Waals surface area contributed by atoms with E-state index in [1.807, 2.05) is 18.2 Å². The number of rotatable bonds is 5. The third-order valence-corrected chi connectivity index (χ3v) is 4.11. The van der Waals surface area contributed by atoms with Crippen LogP contribution >= 0.6 is 0 Å². The van der Waals surface area contributed by atoms with Crippen LogP contribution in [0.15, 0.2) is 47.6 Å². The number of phenols is 1. The van der Waals surface area contributed by atoms with Crippen LogP contribution in [0.1, 0.15) is 15.9 Å². The van der Waals surface area contributed by atoms with Gasteiger partial charge >= 0.3 is 0 Å². The summed E-state index contributed by atoms with van der Waals surface area (Å²) in [7, 11) is 1.59. The Morgan fingerprint density at radius 3 is 2.77 bits per heavy atom. The predicted octanol–water partition coefficient (Wildman–Crippen LogP) is 2.00. The normalized spacial score (nSPS) is 14.4. The van der Waals surface area contributed by atoms with Crippen molar-refractivity contribution >= 4 is 17.8 Å². The quantitative estimate of drug-likeness (QED) is 0.633. The minimum absolute atomic E-state index is 0.0901. The molecule has 1 amide bonds. The fourth-order valence-corrected chi connectivity index (χ4v) is 2.71. The van der Waals surface area contributed by atoms with Gasteiger partial charge in [0.05, 0.1) is 32.1 Å². The van der Waals surface area contributed by atoms with Gasteiger partial charge < -0.3 is 19.5 Å². The first-order chi connectivity index (χ1) is 12.7. The van der Waals surface area contributed by atoms with Gasteiger partial charge in [0.2, 0.25) is 0 Å². The summed E-state index contributed by atoms with van der Waals surface area (Å²) < 4.78 is 10.8. The number of morpholine rings is 1. The number of nitrogens with zero attached hydrogens (tertiary/aromatic N) is 2. The van der Waals surface area contributed by atoms with Crippen LogP contribution in [0.2, 0.25) is 0 Å². The van der Waals surface area contributed by atoms with Crippen LogP contribution in [0.25, 0.3) is 0 Å². The lowest BCUT2D eigenvalue weighted by atomic mass is 10.1. The van der Waals surface area contributed by atoms with E-state index in [9.17, 15) is 9.90 Å². The number of carbonyl (C=O) groups excluding carboxylic acids is 1. The molecule has 0 aliphatic carbocycles. The first-order valence-electron chi connectivity index (χ1n) is 8.31. The first kappa shape index (κ1) is 17.8. The molecular weight excluding hydrogens is 334 g/mol. The minimum Gasteiger partial charge on any atom is -0.507 e. The van der Waals surface area contributed by atoms with Gasteiger partial charge in [-0.3, -0.25) is 4.79 Å². The molecule has 7 nitrogen and oxygen atoms in total. The fraction of sp³-hybridized carbons (Fsp3) is 0.263. The number of hydrogen-bond donors (Lipinski definition) is 2. The molecule has 2 N–H and O–H groups in total. The number of phenolic OH excluding ortho intramolecular Hbond substituents is 1. The number of methoxy groups -OCH3 is 1. The van der Waals surface area contributed by atoms with E-state index in [2.05, 4.69) is 15.4 Å². The third kappa shape index (κ3) is 4.12. The highest BCUT2D eigenvalue weighted by Crippen LogP contribution is 2.25. The second-order valence-electron chi connectivity index (χ2n) is 5.74. The highest BCUT2D eigenvalue weighted by Gasteiger charge is 2.13. The van der Waals surface area contributed by atoms with Crippen LogP contribution in [-0.4, -0.2) is 50.6 Å². The highest BCUT2D eigenvalue weighted by molar-refractivity contribution is 5.97. The van der Waals surface area contributed by atoms with E-state index in [-0.39, 0.29) is 11.3 Å². The lowest BCUT2D eigenvalue weighted by Gasteiger charge is -2.29. The van der Waals surface area contributed by atoms with Gasteiger partial charge in [-0.1, -0.05) is 12.1 Å². The molecule has 7 heteroatoms. The topological polar surface area (TPSA) is 83.4 Å². The summed E-state index contributed by atoms with van der Waals surface area (Å²) in [6, 6.07) is 12.1. The van der Waals surface area contributed by atoms with Crippen molar-refractivity contribution in [3.05, 3.63) is 53.6 Å². The van der Waals surface area contributed by atoms with Gasteiger partial charge in [0.15, 0.2) is 0 Å². The molecule has 1 aliphatic rings. The van der Waals surface area contributed by atoms with E-state index in [1.54, 1.807) is 19.2 Å². The van der Waals surface area contributed by atoms with Crippen LogP contribution < -0.4 is 15.1 Å². The van der Waals surface area contributed by atoms with E-state index in [0.29, 0.717) is 19.0 Å². The number of hydrazone groups is 1. The summed E-state index contributed by atoms with van der Waals surface area (Å²) in [5, 5.41) is 13.6. The van der Waals surface area contributed by atoms with E-state index in [4.69, 9.17) is 9.47 Å². The average molecular weight is 355 g/mol. The Balaban J connectivity index is 1.69. The van der Waals surface area contributed by atoms with Gasteiger partial charge in [-0.05, 0) is 24.3 Å². The Labute approximate surface area is 151 Å². The van der Waals surface area contributed by atoms with Gasteiger partial charge in [0.1, 0.15) is 11.5 Å². The molecule has 1 heterocycles. The molecule has 2 aromatic rings. The van der Waals surface area contributed by atoms with Crippen LogP contribution in [0, 0.1) is 0 Å². The molecule has 136 valence electrons. The lowest BCUT2D eigenvalue weighted by Crippen LogP contribution is -2.36. The Kier molecular flexibility index (Phi) is 5.70. The highest BCUT2D eigenvalue weighted by atomic mass is 16.5. The molecule has 0 atom stereocenters. The number of hydrogen-bond acceptors (Lipinski definition) is 6. The fourth-order valence-electron chi connectivity index (χ4n) is 2.71. The third-order valence-electron chi connectivity index (χ3n) is 4.11. The summed E-state index contributed by atoms with van der Waals surface area (Å²) in [4.78, 5) is 14.3. The molecule has 0 unspecified atom stereocenters. The van der Waals surface area contributed by atoms with Crippen LogP contribution in [-0.2, 0) is 4.74 Å². The zero-order valence-corrected chi connectivity index (χ0v) is 14.5. The first-order valence-corrected chi connectivity index (χ1v) is 8.31. The predicted molar refractivity (Wildman–Crippen MR) is 99.2 cm³/mol. The maximum Gasteiger partial charge on any atom is 0.275 e. The Morgan fingerprint density at radius 2 is 2.04 bits per heavy atom. The molecule has 26 heavy (non-hydrogen) atoms. The molecule has 0 aromatic heterocycles. The van der Waals surface area contributed by atoms with Crippen molar-refractivity contribution in [2.75, 3.05) is 38.3 Å². The van der Waals surface area contributed by atoms with Crippen molar-refractivity contribution < 1.29 is 19.4 Å². The van der Waals surface area contributed by atoms with Crippen molar-refractivity contribution in [3.8, 4) is 11.5 Å². The number of nitrogens with one attached hydrogen (secondary N) is 1. The minimum atomic E-state index is -0.483. The maximum atomic E-state index is 12.0. The van der Waals surface area contributed by atoms with E-state index < -0.39 is 5.91 Å². The number of ether oxygens (including phenoxy) is 2. The van der Waals surface area contributed by atoms with Crippen LogP contribution in [0.4, 0.5) is 5.69 Å². The molecule has 1 fully saturated rings. The number of aromatic hydroxyl groups is 1. The number of para-hydroxylation sites is 1. The SMILES string of the molecule is COc1cc(N2CCOCC2)ccc1/C=N\NC(=O)c1ccccc1O. The van der Waals surface area contributed by atoms with E-state index >= 15 is 0 Å². The van der Waals surface area contributed by atoms with Gasteiger partial charge in [-0.2, -0.15) is 5.10 Å². The molecule has 1 aliphatic heterocycles. The standard InChI is InChI=1S/C19H21N3O4/c1-25-18-12-15(22-8-10-26-11-9-22)7-6-14(18)13-20-21-19(24)16-4-2-3-5-17(16)23/h2-7,12-13,23H,8-11H2,1H3,(H,21,24)/b20-13-. The van der Waals surface area contributed by atoms with E-state index in [1.165, 1.54) is 18.3 Å². The lowest BCUT2D eigenvalue weighted by molar-refractivity contribution is 0.0952. The van der Waals surface area contributed by atoms with Crippen molar-refractivity contribution in [1.29, 1.82) is 0 Å². The summed E-state index contributed by atoms with van der Waals surface area (Å²) in [5.74, 6) is 0.0884. The Bertz CT molecular complexity index is 801. The molecule has 2 aromatic carbocycles. The molecule has 1 saturated heterocycles. The number of anilines is 1. The summed E-state index contributed by atoms with van der Waals surface area (Å²) >= 11 is 0. The zero-order valence-electron chi connectivity index (χ0n) is 14.5. The van der Waals surface area contributed by atoms with E-state index in [0.717, 1.165) is 24.3 Å². The molecule has 0 radical (unpaired) electrons. The van der Waals surface area contributed by atoms with Gasteiger partial charge in [-0.15, -0.1) is 0 Å². The Hall–Kier alpha value is -3.06. The van der Waals surface area contributed by atoms with Gasteiger partial charge in [0, 0.05) is 30.4 Å². The molecular formula is C19H21N3O4. The van der Waals surface area contributed by atoms with Crippen molar-refractivity contribution in [2.24, 2.45) is 5.10 Å². The monoisotopic (exact) mass is 355 g/mol. The second kappa shape index (κ2) is 8.35.